The first kappa shape index (κ1) is 24.0. The van der Waals surface area contributed by atoms with Crippen LogP contribution in [0.4, 0.5) is 5.13 Å². The number of aromatic nitrogens is 1. The molecule has 0 spiro atoms. The van der Waals surface area contributed by atoms with Crippen LogP contribution in [0.15, 0.2) is 65.6 Å². The highest BCUT2D eigenvalue weighted by Gasteiger charge is 2.53. The Morgan fingerprint density at radius 3 is 2.45 bits per heavy atom. The van der Waals surface area contributed by atoms with Gasteiger partial charge in [0, 0.05) is 29.3 Å². The average Bonchev–Trinajstić information content (AvgIpc) is 3.49. The van der Waals surface area contributed by atoms with Gasteiger partial charge in [0.05, 0.1) is 15.5 Å². The third kappa shape index (κ3) is 3.65. The van der Waals surface area contributed by atoms with Crippen LogP contribution in [0.5, 0.6) is 0 Å². The van der Waals surface area contributed by atoms with Gasteiger partial charge in [-0.2, -0.15) is 4.31 Å². The molecule has 8 heteroatoms. The van der Waals surface area contributed by atoms with Crippen LogP contribution in [-0.4, -0.2) is 36.2 Å². The highest BCUT2D eigenvalue weighted by Crippen LogP contribution is 2.54. The van der Waals surface area contributed by atoms with E-state index in [-0.39, 0.29) is 27.7 Å². The molecule has 1 saturated carbocycles. The Morgan fingerprint density at radius 1 is 1.00 bits per heavy atom. The topological polar surface area (TPSA) is 79.4 Å². The van der Waals surface area contributed by atoms with Crippen molar-refractivity contribution in [2.75, 3.05) is 11.9 Å². The Kier molecular flexibility index (Phi) is 5.04. The number of carbonyl (C=O) groups is 1. The lowest BCUT2D eigenvalue weighted by Crippen LogP contribution is -2.37. The van der Waals surface area contributed by atoms with Gasteiger partial charge in [-0.25, -0.2) is 13.4 Å². The quantitative estimate of drug-likeness (QED) is 0.271. The summed E-state index contributed by atoms with van der Waals surface area (Å²) in [7, 11) is -3.64. The van der Waals surface area contributed by atoms with Crippen molar-refractivity contribution in [2.24, 2.45) is 10.8 Å². The van der Waals surface area contributed by atoms with Crippen LogP contribution in [0.1, 0.15) is 50.4 Å². The van der Waals surface area contributed by atoms with Gasteiger partial charge in [-0.3, -0.25) is 10.1 Å². The molecule has 2 atom stereocenters. The van der Waals surface area contributed by atoms with E-state index in [1.807, 2.05) is 12.1 Å². The Bertz CT molecular complexity index is 1680. The molecule has 3 aromatic carbocycles. The monoisotopic (exact) mass is 543 g/mol. The molecule has 1 aliphatic heterocycles. The lowest BCUT2D eigenvalue weighted by molar-refractivity contribution is 0.102. The maximum atomic E-state index is 13.6. The lowest BCUT2D eigenvalue weighted by Gasteiger charge is -2.39. The summed E-state index contributed by atoms with van der Waals surface area (Å²) in [6.07, 6.45) is 2.81. The number of carbonyl (C=O) groups excluding carboxylic acids is 1. The third-order valence-electron chi connectivity index (χ3n) is 8.34. The number of hydrogen-bond acceptors (Lipinski definition) is 5. The Morgan fingerprint density at radius 2 is 1.71 bits per heavy atom. The standard InChI is InChI=1S/C30H29N3O3S2/c1-29(2)14-20-15-30(3,16-29)17-33(20)38(35,36)21-12-10-19(11-13-21)27(34)32-28-31-25-22-8-4-6-18-7-5-9-23(24(18)22)26(25)37-28/h4-13,20H,14-17H2,1-3H3,(H,31,32,34). The molecule has 2 fully saturated rings. The van der Waals surface area contributed by atoms with Crippen LogP contribution >= 0.6 is 11.3 Å². The van der Waals surface area contributed by atoms with Crippen molar-refractivity contribution >= 4 is 43.2 Å². The van der Waals surface area contributed by atoms with Gasteiger partial charge in [-0.1, -0.05) is 68.5 Å². The first-order chi connectivity index (χ1) is 18.0. The van der Waals surface area contributed by atoms with E-state index in [0.717, 1.165) is 41.0 Å². The maximum Gasteiger partial charge on any atom is 0.257 e. The predicted octanol–water partition coefficient (Wildman–Crippen LogP) is 6.79. The van der Waals surface area contributed by atoms with E-state index < -0.39 is 10.0 Å². The molecule has 4 aromatic rings. The van der Waals surface area contributed by atoms with E-state index >= 15 is 0 Å². The Balaban J connectivity index is 1.11. The van der Waals surface area contributed by atoms with Crippen molar-refractivity contribution in [3.05, 3.63) is 66.2 Å². The molecule has 3 aliphatic rings. The number of nitrogens with zero attached hydrogens (tertiary/aromatic N) is 2. The maximum absolute atomic E-state index is 13.6. The number of rotatable bonds is 4. The summed E-state index contributed by atoms with van der Waals surface area (Å²) in [5.74, 6) is -0.306. The molecular weight excluding hydrogens is 514 g/mol. The van der Waals surface area contributed by atoms with Crippen molar-refractivity contribution in [3.8, 4) is 21.7 Å². The first-order valence-corrected chi connectivity index (χ1v) is 15.3. The molecule has 1 N–H and O–H groups in total. The highest BCUT2D eigenvalue weighted by atomic mass is 32.2. The zero-order valence-corrected chi connectivity index (χ0v) is 23.2. The lowest BCUT2D eigenvalue weighted by atomic mass is 9.65. The van der Waals surface area contributed by atoms with Gasteiger partial charge >= 0.3 is 0 Å². The molecule has 2 heterocycles. The minimum absolute atomic E-state index is 0.0132. The van der Waals surface area contributed by atoms with E-state index in [4.69, 9.17) is 4.98 Å². The zero-order chi connectivity index (χ0) is 26.4. The summed E-state index contributed by atoms with van der Waals surface area (Å²) in [4.78, 5) is 19.1. The second-order valence-corrected chi connectivity index (χ2v) is 15.0. The molecule has 7 rings (SSSR count). The number of fused-ring (bicyclic) bond motifs is 5. The average molecular weight is 544 g/mol. The van der Waals surface area contributed by atoms with E-state index in [1.165, 1.54) is 22.1 Å². The molecule has 6 nitrogen and oxygen atoms in total. The van der Waals surface area contributed by atoms with Gasteiger partial charge < -0.3 is 0 Å². The number of anilines is 1. The fraction of sp³-hybridized carbons (Fsp3) is 0.333. The molecule has 1 amide bonds. The fourth-order valence-corrected chi connectivity index (χ4v) is 10.0. The Labute approximate surface area is 226 Å². The summed E-state index contributed by atoms with van der Waals surface area (Å²) in [5, 5.41) is 5.84. The van der Waals surface area contributed by atoms with Crippen LogP contribution < -0.4 is 5.32 Å². The molecule has 194 valence electrons. The SMILES string of the molecule is CC1(C)CC2CC(C)(CN2S(=O)(=O)c2ccc(C(=O)Nc3nc4c(s3)-c3cccc5cccc-4c35)cc2)C1. The minimum atomic E-state index is -3.64. The molecule has 2 aliphatic carbocycles. The van der Waals surface area contributed by atoms with Crippen LogP contribution in [0.25, 0.3) is 32.5 Å². The van der Waals surface area contributed by atoms with Gasteiger partial charge in [0.2, 0.25) is 10.0 Å². The molecule has 2 bridgehead atoms. The summed E-state index contributed by atoms with van der Waals surface area (Å²) >= 11 is 1.46. The number of sulfonamides is 1. The number of hydrogen-bond donors (Lipinski definition) is 1. The second kappa shape index (κ2) is 7.97. The predicted molar refractivity (Wildman–Crippen MR) is 152 cm³/mol. The van der Waals surface area contributed by atoms with Crippen LogP contribution in [-0.2, 0) is 10.0 Å². The van der Waals surface area contributed by atoms with E-state index in [1.54, 1.807) is 28.6 Å². The fourth-order valence-electron chi connectivity index (χ4n) is 7.24. The van der Waals surface area contributed by atoms with Crippen LogP contribution in [0.2, 0.25) is 0 Å². The van der Waals surface area contributed by atoms with E-state index in [0.29, 0.717) is 17.2 Å². The number of amides is 1. The number of benzene rings is 3. The molecule has 38 heavy (non-hydrogen) atoms. The van der Waals surface area contributed by atoms with Gasteiger partial charge in [0.15, 0.2) is 5.13 Å². The van der Waals surface area contributed by atoms with Gasteiger partial charge in [-0.05, 0) is 65.1 Å². The summed E-state index contributed by atoms with van der Waals surface area (Å²) in [5.41, 5.74) is 3.67. The Hall–Kier alpha value is -3.07. The number of nitrogens with one attached hydrogen (secondary N) is 1. The summed E-state index contributed by atoms with van der Waals surface area (Å²) in [6.45, 7) is 7.23. The van der Waals surface area contributed by atoms with Gasteiger partial charge in [0.1, 0.15) is 0 Å². The molecule has 0 radical (unpaired) electrons. The van der Waals surface area contributed by atoms with E-state index in [9.17, 15) is 13.2 Å². The zero-order valence-electron chi connectivity index (χ0n) is 21.6. The smallest absolute Gasteiger partial charge is 0.257 e. The van der Waals surface area contributed by atoms with Gasteiger partial charge in [0.25, 0.3) is 5.91 Å². The van der Waals surface area contributed by atoms with Crippen molar-refractivity contribution in [1.82, 2.24) is 9.29 Å². The van der Waals surface area contributed by atoms with Crippen molar-refractivity contribution in [1.29, 1.82) is 0 Å². The second-order valence-electron chi connectivity index (χ2n) is 12.1. The summed E-state index contributed by atoms with van der Waals surface area (Å²) < 4.78 is 28.9. The molecule has 1 saturated heterocycles. The first-order valence-electron chi connectivity index (χ1n) is 13.0. The van der Waals surface area contributed by atoms with Crippen LogP contribution in [0.3, 0.4) is 0 Å². The minimum Gasteiger partial charge on any atom is -0.298 e. The van der Waals surface area contributed by atoms with Crippen LogP contribution in [0, 0.1) is 10.8 Å². The van der Waals surface area contributed by atoms with Crippen molar-refractivity contribution in [2.45, 2.75) is 51.0 Å². The third-order valence-corrected chi connectivity index (χ3v) is 11.3. The molecule has 2 unspecified atom stereocenters. The normalized spacial score (nSPS) is 23.5. The largest absolute Gasteiger partial charge is 0.298 e. The highest BCUT2D eigenvalue weighted by molar-refractivity contribution is 7.89. The number of thiazole rings is 1. The molecule has 1 aromatic heterocycles. The summed E-state index contributed by atoms with van der Waals surface area (Å²) in [6, 6.07) is 18.7. The van der Waals surface area contributed by atoms with Crippen molar-refractivity contribution in [3.63, 3.8) is 0 Å². The van der Waals surface area contributed by atoms with E-state index in [2.05, 4.69) is 50.4 Å². The van der Waals surface area contributed by atoms with Crippen molar-refractivity contribution < 1.29 is 13.2 Å². The van der Waals surface area contributed by atoms with Gasteiger partial charge in [-0.15, -0.1) is 0 Å². The molecular formula is C30H29N3O3S2.